The average Bonchev–Trinajstić information content (AvgIpc) is 2.76. The molecule has 3 rings (SSSR count). The van der Waals surface area contributed by atoms with E-state index >= 15 is 0 Å². The Morgan fingerprint density at radius 1 is 1.06 bits per heavy atom. The maximum atomic E-state index is 11.2. The minimum atomic E-state index is -0.0978. The first-order valence-corrected chi connectivity index (χ1v) is 10.5. The molecule has 0 aliphatic carbocycles. The number of halogens is 1. The third kappa shape index (κ3) is 7.93. The molecular formula is C23H32IN5O2. The van der Waals surface area contributed by atoms with E-state index in [1.54, 1.807) is 0 Å². The molecule has 0 aromatic heterocycles. The minimum absolute atomic E-state index is 0. The molecule has 1 aliphatic rings. The highest BCUT2D eigenvalue weighted by Crippen LogP contribution is 2.17. The van der Waals surface area contributed by atoms with Gasteiger partial charge in [-0.2, -0.15) is 0 Å². The van der Waals surface area contributed by atoms with E-state index in [9.17, 15) is 4.79 Å². The summed E-state index contributed by atoms with van der Waals surface area (Å²) in [5, 5.41) is 6.15. The second-order valence-corrected chi connectivity index (χ2v) is 7.10. The molecule has 1 fully saturated rings. The minimum Gasteiger partial charge on any atom is -0.492 e. The molecule has 8 heteroatoms. The SMILES string of the molecule is CCNC(=NCCOc1cccc(NC(C)=O)c1)N1CCN(c2ccccc2)CC1.I. The number of para-hydroxylation sites is 1. The van der Waals surface area contributed by atoms with E-state index in [1.807, 2.05) is 30.3 Å². The average molecular weight is 537 g/mol. The zero-order valence-electron chi connectivity index (χ0n) is 18.2. The molecule has 0 radical (unpaired) electrons. The molecule has 2 aromatic rings. The molecule has 168 valence electrons. The van der Waals surface area contributed by atoms with Crippen molar-refractivity contribution in [3.63, 3.8) is 0 Å². The summed E-state index contributed by atoms with van der Waals surface area (Å²) in [6.07, 6.45) is 0. The lowest BCUT2D eigenvalue weighted by atomic mass is 10.2. The van der Waals surface area contributed by atoms with Crippen LogP contribution in [0.25, 0.3) is 0 Å². The number of amides is 1. The van der Waals surface area contributed by atoms with Gasteiger partial charge in [-0.3, -0.25) is 4.79 Å². The van der Waals surface area contributed by atoms with Crippen LogP contribution >= 0.6 is 24.0 Å². The van der Waals surface area contributed by atoms with Crippen LogP contribution in [0.2, 0.25) is 0 Å². The second kappa shape index (κ2) is 13.0. The predicted octanol–water partition coefficient (Wildman–Crippen LogP) is 3.43. The highest BCUT2D eigenvalue weighted by Gasteiger charge is 2.19. The Kier molecular flexibility index (Phi) is 10.4. The number of ether oxygens (including phenoxy) is 1. The molecule has 2 aromatic carbocycles. The normalized spacial score (nSPS) is 13.9. The molecular weight excluding hydrogens is 505 g/mol. The smallest absolute Gasteiger partial charge is 0.221 e. The number of carbonyl (C=O) groups is 1. The number of benzene rings is 2. The Morgan fingerprint density at radius 2 is 1.81 bits per heavy atom. The van der Waals surface area contributed by atoms with Gasteiger partial charge in [0.15, 0.2) is 5.96 Å². The van der Waals surface area contributed by atoms with Crippen molar-refractivity contribution in [2.75, 3.05) is 56.1 Å². The Balaban J connectivity index is 0.00000341. The monoisotopic (exact) mass is 537 g/mol. The molecule has 7 nitrogen and oxygen atoms in total. The number of guanidine groups is 1. The molecule has 0 saturated carbocycles. The molecule has 1 heterocycles. The van der Waals surface area contributed by atoms with E-state index < -0.39 is 0 Å². The Bertz CT molecular complexity index is 839. The molecule has 31 heavy (non-hydrogen) atoms. The standard InChI is InChI=1S/C23H31N5O2.HI/c1-3-24-23(28-15-13-27(14-16-28)21-9-5-4-6-10-21)25-12-17-30-22-11-7-8-20(18-22)26-19(2)29;/h4-11,18H,3,12-17H2,1-2H3,(H,24,25)(H,26,29);1H. The van der Waals surface area contributed by atoms with Crippen LogP contribution in [0.1, 0.15) is 13.8 Å². The zero-order chi connectivity index (χ0) is 21.2. The van der Waals surface area contributed by atoms with E-state index in [2.05, 4.69) is 51.6 Å². The Labute approximate surface area is 201 Å². The van der Waals surface area contributed by atoms with E-state index in [1.165, 1.54) is 12.6 Å². The summed E-state index contributed by atoms with van der Waals surface area (Å²) >= 11 is 0. The first-order chi connectivity index (χ1) is 14.7. The predicted molar refractivity (Wildman–Crippen MR) is 138 cm³/mol. The molecule has 1 saturated heterocycles. The van der Waals surface area contributed by atoms with Gasteiger partial charge in [0.1, 0.15) is 12.4 Å². The lowest BCUT2D eigenvalue weighted by Crippen LogP contribution is -2.52. The summed E-state index contributed by atoms with van der Waals surface area (Å²) in [6, 6.07) is 17.9. The number of carbonyl (C=O) groups excluding carboxylic acids is 1. The van der Waals surface area contributed by atoms with Crippen molar-refractivity contribution in [3.05, 3.63) is 54.6 Å². The molecule has 0 unspecified atom stereocenters. The summed E-state index contributed by atoms with van der Waals surface area (Å²) in [5.41, 5.74) is 2.00. The summed E-state index contributed by atoms with van der Waals surface area (Å²) in [5.74, 6) is 1.55. The van der Waals surface area contributed by atoms with Gasteiger partial charge in [-0.1, -0.05) is 24.3 Å². The van der Waals surface area contributed by atoms with E-state index in [0.717, 1.165) is 50.1 Å². The molecule has 0 atom stereocenters. The number of hydrogen-bond acceptors (Lipinski definition) is 4. The van der Waals surface area contributed by atoms with Gasteiger partial charge in [-0.05, 0) is 31.2 Å². The van der Waals surface area contributed by atoms with E-state index in [0.29, 0.717) is 13.2 Å². The summed E-state index contributed by atoms with van der Waals surface area (Å²) in [4.78, 5) is 20.6. The van der Waals surface area contributed by atoms with Crippen LogP contribution in [-0.4, -0.2) is 62.6 Å². The van der Waals surface area contributed by atoms with Crippen LogP contribution in [0.3, 0.4) is 0 Å². The fourth-order valence-corrected chi connectivity index (χ4v) is 3.42. The molecule has 2 N–H and O–H groups in total. The molecule has 0 spiro atoms. The van der Waals surface area contributed by atoms with Crippen LogP contribution in [0, 0.1) is 0 Å². The number of aliphatic imine (C=N–C) groups is 1. The van der Waals surface area contributed by atoms with Gasteiger partial charge in [0.2, 0.25) is 5.91 Å². The summed E-state index contributed by atoms with van der Waals surface area (Å²) < 4.78 is 5.81. The van der Waals surface area contributed by atoms with Gasteiger partial charge < -0.3 is 25.2 Å². The zero-order valence-corrected chi connectivity index (χ0v) is 20.5. The number of piperazine rings is 1. The van der Waals surface area contributed by atoms with Crippen molar-refractivity contribution >= 4 is 47.2 Å². The summed E-state index contributed by atoms with van der Waals surface area (Å²) in [6.45, 7) is 9.25. The highest BCUT2D eigenvalue weighted by molar-refractivity contribution is 14.0. The highest BCUT2D eigenvalue weighted by atomic mass is 127. The number of rotatable bonds is 7. The summed E-state index contributed by atoms with van der Waals surface area (Å²) in [7, 11) is 0. The van der Waals surface area contributed by atoms with Gasteiger partial charge in [-0.25, -0.2) is 4.99 Å². The molecule has 1 aliphatic heterocycles. The first-order valence-electron chi connectivity index (χ1n) is 10.5. The lowest BCUT2D eigenvalue weighted by Gasteiger charge is -2.37. The third-order valence-electron chi connectivity index (χ3n) is 4.81. The van der Waals surface area contributed by atoms with Crippen LogP contribution in [0.5, 0.6) is 5.75 Å². The maximum Gasteiger partial charge on any atom is 0.221 e. The van der Waals surface area contributed by atoms with Crippen LogP contribution in [0.4, 0.5) is 11.4 Å². The fourth-order valence-electron chi connectivity index (χ4n) is 3.42. The van der Waals surface area contributed by atoms with Crippen molar-refractivity contribution in [3.8, 4) is 5.75 Å². The van der Waals surface area contributed by atoms with Crippen molar-refractivity contribution < 1.29 is 9.53 Å². The first kappa shape index (κ1) is 24.8. The van der Waals surface area contributed by atoms with E-state index in [-0.39, 0.29) is 29.9 Å². The molecule has 0 bridgehead atoms. The second-order valence-electron chi connectivity index (χ2n) is 7.10. The third-order valence-corrected chi connectivity index (χ3v) is 4.81. The van der Waals surface area contributed by atoms with Gasteiger partial charge in [0.25, 0.3) is 0 Å². The van der Waals surface area contributed by atoms with Gasteiger partial charge >= 0.3 is 0 Å². The van der Waals surface area contributed by atoms with E-state index in [4.69, 9.17) is 9.73 Å². The number of nitrogens with zero attached hydrogens (tertiary/aromatic N) is 3. The Morgan fingerprint density at radius 3 is 2.48 bits per heavy atom. The maximum absolute atomic E-state index is 11.2. The van der Waals surface area contributed by atoms with Crippen LogP contribution in [-0.2, 0) is 4.79 Å². The number of hydrogen-bond donors (Lipinski definition) is 2. The molecule has 1 amide bonds. The van der Waals surface area contributed by atoms with Gasteiger partial charge in [0.05, 0.1) is 6.54 Å². The largest absolute Gasteiger partial charge is 0.492 e. The van der Waals surface area contributed by atoms with Gasteiger partial charge in [-0.15, -0.1) is 24.0 Å². The van der Waals surface area contributed by atoms with Crippen LogP contribution in [0.15, 0.2) is 59.6 Å². The number of anilines is 2. The number of nitrogens with one attached hydrogen (secondary N) is 2. The quantitative estimate of drug-likeness (QED) is 0.245. The topological polar surface area (TPSA) is 69.2 Å². The Hall–Kier alpha value is -2.49. The fraction of sp³-hybridized carbons (Fsp3) is 0.391. The van der Waals surface area contributed by atoms with Crippen molar-refractivity contribution in [1.82, 2.24) is 10.2 Å². The lowest BCUT2D eigenvalue weighted by molar-refractivity contribution is -0.114. The van der Waals surface area contributed by atoms with Crippen LogP contribution < -0.4 is 20.3 Å². The van der Waals surface area contributed by atoms with Crippen molar-refractivity contribution in [2.45, 2.75) is 13.8 Å². The van der Waals surface area contributed by atoms with Crippen molar-refractivity contribution in [2.24, 2.45) is 4.99 Å². The van der Waals surface area contributed by atoms with Crippen molar-refractivity contribution in [1.29, 1.82) is 0 Å². The van der Waals surface area contributed by atoms with Gasteiger partial charge in [0, 0.05) is 57.1 Å².